The lowest BCUT2D eigenvalue weighted by molar-refractivity contribution is -0.141. The Bertz CT molecular complexity index is 413. The first-order chi connectivity index (χ1) is 8.75. The van der Waals surface area contributed by atoms with Gasteiger partial charge in [-0.25, -0.2) is 0 Å². The summed E-state index contributed by atoms with van der Waals surface area (Å²) in [5.74, 6) is 0. The summed E-state index contributed by atoms with van der Waals surface area (Å²) in [5.41, 5.74) is 0.282. The lowest BCUT2D eigenvalue weighted by Crippen LogP contribution is -2.45. The zero-order chi connectivity index (χ0) is 12.6. The molecule has 4 atom stereocenters. The van der Waals surface area contributed by atoms with Crippen LogP contribution in [-0.4, -0.2) is 50.0 Å². The summed E-state index contributed by atoms with van der Waals surface area (Å²) in [6, 6.07) is 9.34. The predicted octanol–water partition coefficient (Wildman–Crippen LogP) is 0.226. The Labute approximate surface area is 107 Å². The van der Waals surface area contributed by atoms with Crippen LogP contribution in [0.3, 0.4) is 0 Å². The Morgan fingerprint density at radius 1 is 1.39 bits per heavy atom. The van der Waals surface area contributed by atoms with Gasteiger partial charge in [-0.15, -0.1) is 0 Å². The van der Waals surface area contributed by atoms with Gasteiger partial charge >= 0.3 is 0 Å². The standard InChI is InChI=1S/C13H15BO4/c14-12-10-11(13(7-15,18-12)8-17-10)16-6-9-4-2-1-3-5-9/h1-5,10-12,15H,6-8H2. The second kappa shape index (κ2) is 4.66. The first-order valence-corrected chi connectivity index (χ1v) is 6.06. The van der Waals surface area contributed by atoms with E-state index in [9.17, 15) is 5.11 Å². The molecule has 1 aromatic carbocycles. The van der Waals surface area contributed by atoms with E-state index in [1.54, 1.807) is 0 Å². The number of ether oxygens (including phenoxy) is 3. The zero-order valence-electron chi connectivity index (χ0n) is 9.99. The van der Waals surface area contributed by atoms with E-state index in [4.69, 9.17) is 22.1 Å². The number of benzene rings is 1. The van der Waals surface area contributed by atoms with E-state index in [-0.39, 0.29) is 18.8 Å². The molecule has 2 aliphatic rings. The Kier molecular flexibility index (Phi) is 3.15. The van der Waals surface area contributed by atoms with Crippen molar-refractivity contribution in [1.29, 1.82) is 0 Å². The molecule has 4 nitrogen and oxygen atoms in total. The fourth-order valence-electron chi connectivity index (χ4n) is 2.59. The van der Waals surface area contributed by atoms with Crippen molar-refractivity contribution in [3.8, 4) is 0 Å². The van der Waals surface area contributed by atoms with E-state index >= 15 is 0 Å². The molecule has 1 N–H and O–H groups in total. The third kappa shape index (κ3) is 1.87. The van der Waals surface area contributed by atoms with Crippen LogP contribution in [0.4, 0.5) is 0 Å². The highest BCUT2D eigenvalue weighted by Gasteiger charge is 2.60. The minimum Gasteiger partial charge on any atom is -0.393 e. The predicted molar refractivity (Wildman–Crippen MR) is 65.2 cm³/mol. The molecule has 2 bridgehead atoms. The van der Waals surface area contributed by atoms with Gasteiger partial charge in [-0.2, -0.15) is 0 Å². The lowest BCUT2D eigenvalue weighted by atomic mass is 9.92. The van der Waals surface area contributed by atoms with Gasteiger partial charge in [0.25, 0.3) is 0 Å². The molecule has 5 heteroatoms. The van der Waals surface area contributed by atoms with Crippen LogP contribution in [-0.2, 0) is 20.8 Å². The second-order valence-corrected chi connectivity index (χ2v) is 4.80. The van der Waals surface area contributed by atoms with Gasteiger partial charge < -0.3 is 19.3 Å². The van der Waals surface area contributed by atoms with Gasteiger partial charge in [-0.3, -0.25) is 0 Å². The van der Waals surface area contributed by atoms with Gasteiger partial charge in [0, 0.05) is 6.00 Å². The number of aliphatic hydroxyl groups excluding tert-OH is 1. The first kappa shape index (κ1) is 12.2. The van der Waals surface area contributed by atoms with Gasteiger partial charge in [0.1, 0.15) is 25.7 Å². The Hall–Kier alpha value is -0.875. The molecular weight excluding hydrogens is 231 g/mol. The summed E-state index contributed by atoms with van der Waals surface area (Å²) in [7, 11) is 5.80. The topological polar surface area (TPSA) is 47.9 Å². The van der Waals surface area contributed by atoms with Crippen molar-refractivity contribution in [2.24, 2.45) is 0 Å². The van der Waals surface area contributed by atoms with Crippen LogP contribution in [0.1, 0.15) is 5.56 Å². The molecule has 2 heterocycles. The molecule has 0 spiro atoms. The minimum atomic E-state index is -0.793. The number of aliphatic hydroxyl groups is 1. The van der Waals surface area contributed by atoms with Crippen molar-refractivity contribution in [2.75, 3.05) is 13.2 Å². The van der Waals surface area contributed by atoms with Crippen molar-refractivity contribution < 1.29 is 19.3 Å². The molecule has 2 aliphatic heterocycles. The van der Waals surface area contributed by atoms with Crippen molar-refractivity contribution in [2.45, 2.75) is 30.4 Å². The molecule has 4 unspecified atom stereocenters. The molecule has 0 saturated carbocycles. The van der Waals surface area contributed by atoms with Crippen LogP contribution in [0.15, 0.2) is 30.3 Å². The highest BCUT2D eigenvalue weighted by molar-refractivity contribution is 6.11. The number of rotatable bonds is 4. The first-order valence-electron chi connectivity index (χ1n) is 6.06. The summed E-state index contributed by atoms with van der Waals surface area (Å²) in [6.07, 6.45) is -0.599. The van der Waals surface area contributed by atoms with Crippen molar-refractivity contribution in [3.05, 3.63) is 35.9 Å². The zero-order valence-corrected chi connectivity index (χ0v) is 9.99. The summed E-state index contributed by atoms with van der Waals surface area (Å²) in [6.45, 7) is 0.654. The lowest BCUT2D eigenvalue weighted by Gasteiger charge is -2.28. The molecule has 18 heavy (non-hydrogen) atoms. The average Bonchev–Trinajstić information content (AvgIpc) is 2.89. The SMILES string of the molecule is [B]C1OC2(CO)COC1C2OCc1ccccc1. The number of hydrogen-bond donors (Lipinski definition) is 1. The van der Waals surface area contributed by atoms with Crippen molar-refractivity contribution >= 4 is 7.85 Å². The van der Waals surface area contributed by atoms with Crippen LogP contribution >= 0.6 is 0 Å². The molecule has 3 rings (SSSR count). The highest BCUT2D eigenvalue weighted by atomic mass is 16.7. The quantitative estimate of drug-likeness (QED) is 0.772. The van der Waals surface area contributed by atoms with Gasteiger partial charge in [0.05, 0.1) is 19.8 Å². The molecular formula is C13H15BO4. The van der Waals surface area contributed by atoms with E-state index in [0.29, 0.717) is 13.2 Å². The Morgan fingerprint density at radius 3 is 2.83 bits per heavy atom. The maximum atomic E-state index is 9.49. The summed E-state index contributed by atoms with van der Waals surface area (Å²) < 4.78 is 17.0. The molecule has 1 aromatic rings. The molecule has 94 valence electrons. The Morgan fingerprint density at radius 2 is 2.17 bits per heavy atom. The fourth-order valence-corrected chi connectivity index (χ4v) is 2.59. The van der Waals surface area contributed by atoms with Crippen molar-refractivity contribution in [1.82, 2.24) is 0 Å². The fraction of sp³-hybridized carbons (Fsp3) is 0.538. The maximum absolute atomic E-state index is 9.49. The molecule has 0 aliphatic carbocycles. The van der Waals surface area contributed by atoms with Gasteiger partial charge in [0.2, 0.25) is 0 Å². The molecule has 2 saturated heterocycles. The normalized spacial score (nSPS) is 38.2. The van der Waals surface area contributed by atoms with Crippen molar-refractivity contribution in [3.63, 3.8) is 0 Å². The number of fused-ring (bicyclic) bond motifs is 2. The van der Waals surface area contributed by atoms with E-state index in [1.165, 1.54) is 0 Å². The number of hydrogen-bond acceptors (Lipinski definition) is 4. The second-order valence-electron chi connectivity index (χ2n) is 4.80. The van der Waals surface area contributed by atoms with Crippen LogP contribution in [0.25, 0.3) is 0 Å². The highest BCUT2D eigenvalue weighted by Crippen LogP contribution is 2.40. The van der Waals surface area contributed by atoms with Gasteiger partial charge in [0.15, 0.2) is 0 Å². The van der Waals surface area contributed by atoms with Crippen LogP contribution in [0, 0.1) is 0 Å². The molecule has 0 amide bonds. The van der Waals surface area contributed by atoms with Crippen LogP contribution < -0.4 is 0 Å². The summed E-state index contributed by atoms with van der Waals surface area (Å²) >= 11 is 0. The van der Waals surface area contributed by atoms with E-state index in [1.807, 2.05) is 30.3 Å². The smallest absolute Gasteiger partial charge is 0.142 e. The Balaban J connectivity index is 1.69. The minimum absolute atomic E-state index is 0.142. The third-order valence-electron chi connectivity index (χ3n) is 3.57. The van der Waals surface area contributed by atoms with Crippen LogP contribution in [0.5, 0.6) is 0 Å². The average molecular weight is 246 g/mol. The third-order valence-corrected chi connectivity index (χ3v) is 3.57. The van der Waals surface area contributed by atoms with Crippen LogP contribution in [0.2, 0.25) is 0 Å². The van der Waals surface area contributed by atoms with Gasteiger partial charge in [-0.05, 0) is 5.56 Å². The summed E-state index contributed by atoms with van der Waals surface area (Å²) in [4.78, 5) is 0. The monoisotopic (exact) mass is 246 g/mol. The van der Waals surface area contributed by atoms with E-state index in [2.05, 4.69) is 0 Å². The molecule has 0 aromatic heterocycles. The van der Waals surface area contributed by atoms with E-state index < -0.39 is 11.6 Å². The molecule has 2 radical (unpaired) electrons. The summed E-state index contributed by atoms with van der Waals surface area (Å²) in [5, 5.41) is 9.49. The van der Waals surface area contributed by atoms with Gasteiger partial charge in [-0.1, -0.05) is 30.3 Å². The molecule has 2 fully saturated rings. The van der Waals surface area contributed by atoms with E-state index in [0.717, 1.165) is 5.56 Å². The largest absolute Gasteiger partial charge is 0.393 e. The maximum Gasteiger partial charge on any atom is 0.142 e.